The standard InChI is InChI=1S/C16H15F3N2O/c17-16(18,19)13-8-10(9-20)6-7-11(13)15-12-4-2-1-3-5-14(12)22-21-15/h6-8,12,14H,1-5H2/t12-,14+/m0/s1. The first-order valence-corrected chi connectivity index (χ1v) is 7.36. The van der Waals surface area contributed by atoms with E-state index in [2.05, 4.69) is 5.16 Å². The van der Waals surface area contributed by atoms with E-state index in [0.717, 1.165) is 38.2 Å². The molecule has 0 bridgehead atoms. The number of alkyl halides is 3. The Labute approximate surface area is 126 Å². The molecule has 0 amide bonds. The number of halogens is 3. The van der Waals surface area contributed by atoms with Crippen LogP contribution in [0, 0.1) is 17.2 Å². The number of oxime groups is 1. The van der Waals surface area contributed by atoms with E-state index in [1.165, 1.54) is 12.1 Å². The Hall–Kier alpha value is -2.03. The molecule has 3 nitrogen and oxygen atoms in total. The van der Waals surface area contributed by atoms with Crippen molar-refractivity contribution in [1.82, 2.24) is 0 Å². The smallest absolute Gasteiger partial charge is 0.392 e. The molecular formula is C16H15F3N2O. The summed E-state index contributed by atoms with van der Waals surface area (Å²) in [6.07, 6.45) is 0.0476. The number of nitrogens with zero attached hydrogens (tertiary/aromatic N) is 2. The highest BCUT2D eigenvalue weighted by molar-refractivity contribution is 6.04. The molecule has 116 valence electrons. The average molecular weight is 308 g/mol. The van der Waals surface area contributed by atoms with Gasteiger partial charge in [-0.3, -0.25) is 0 Å². The Morgan fingerprint density at radius 3 is 2.68 bits per heavy atom. The zero-order valence-corrected chi connectivity index (χ0v) is 11.9. The van der Waals surface area contributed by atoms with E-state index in [0.29, 0.717) is 5.71 Å². The monoisotopic (exact) mass is 308 g/mol. The number of fused-ring (bicyclic) bond motifs is 1. The normalized spacial score (nSPS) is 24.7. The Morgan fingerprint density at radius 2 is 1.95 bits per heavy atom. The summed E-state index contributed by atoms with van der Waals surface area (Å²) in [6.45, 7) is 0. The molecule has 2 atom stereocenters. The van der Waals surface area contributed by atoms with Crippen LogP contribution in [0.3, 0.4) is 0 Å². The van der Waals surface area contributed by atoms with Gasteiger partial charge in [-0.15, -0.1) is 0 Å². The van der Waals surface area contributed by atoms with E-state index in [4.69, 9.17) is 10.1 Å². The molecule has 2 aliphatic rings. The quantitative estimate of drug-likeness (QED) is 0.778. The first kappa shape index (κ1) is 14.9. The van der Waals surface area contributed by atoms with Gasteiger partial charge in [-0.05, 0) is 31.4 Å². The van der Waals surface area contributed by atoms with Gasteiger partial charge in [0, 0.05) is 11.5 Å². The molecule has 0 radical (unpaired) electrons. The number of hydrogen-bond acceptors (Lipinski definition) is 3. The lowest BCUT2D eigenvalue weighted by Crippen LogP contribution is -2.25. The van der Waals surface area contributed by atoms with Crippen molar-refractivity contribution >= 4 is 5.71 Å². The van der Waals surface area contributed by atoms with E-state index in [-0.39, 0.29) is 23.1 Å². The molecule has 0 saturated heterocycles. The van der Waals surface area contributed by atoms with Crippen molar-refractivity contribution in [3.63, 3.8) is 0 Å². The third kappa shape index (κ3) is 2.68. The fourth-order valence-corrected chi connectivity index (χ4v) is 3.23. The Morgan fingerprint density at radius 1 is 1.18 bits per heavy atom. The molecule has 1 aliphatic heterocycles. The van der Waals surface area contributed by atoms with Crippen LogP contribution in [0.15, 0.2) is 23.4 Å². The predicted octanol–water partition coefficient (Wildman–Crippen LogP) is 4.26. The highest BCUT2D eigenvalue weighted by Gasteiger charge is 2.41. The van der Waals surface area contributed by atoms with Gasteiger partial charge in [0.05, 0.1) is 22.9 Å². The van der Waals surface area contributed by atoms with Gasteiger partial charge in [-0.2, -0.15) is 18.4 Å². The molecular weight excluding hydrogens is 293 g/mol. The Balaban J connectivity index is 2.03. The minimum atomic E-state index is -4.52. The van der Waals surface area contributed by atoms with Gasteiger partial charge in [0.2, 0.25) is 0 Å². The van der Waals surface area contributed by atoms with E-state index in [9.17, 15) is 13.2 Å². The summed E-state index contributed by atoms with van der Waals surface area (Å²) >= 11 is 0. The van der Waals surface area contributed by atoms with Gasteiger partial charge >= 0.3 is 6.18 Å². The minimum Gasteiger partial charge on any atom is -0.392 e. The maximum absolute atomic E-state index is 13.3. The number of benzene rings is 1. The summed E-state index contributed by atoms with van der Waals surface area (Å²) in [7, 11) is 0. The average Bonchev–Trinajstić information content (AvgIpc) is 2.74. The first-order chi connectivity index (χ1) is 10.5. The summed E-state index contributed by atoms with van der Waals surface area (Å²) in [4.78, 5) is 5.38. The molecule has 3 rings (SSSR count). The largest absolute Gasteiger partial charge is 0.417 e. The van der Waals surface area contributed by atoms with E-state index in [1.54, 1.807) is 6.07 Å². The molecule has 0 unspecified atom stereocenters. The van der Waals surface area contributed by atoms with Gasteiger partial charge in [0.1, 0.15) is 6.10 Å². The van der Waals surface area contributed by atoms with Crippen molar-refractivity contribution in [2.75, 3.05) is 0 Å². The third-order valence-corrected chi connectivity index (χ3v) is 4.32. The van der Waals surface area contributed by atoms with E-state index in [1.807, 2.05) is 0 Å². The fourth-order valence-electron chi connectivity index (χ4n) is 3.23. The Kier molecular flexibility index (Phi) is 3.81. The molecule has 1 aromatic carbocycles. The van der Waals surface area contributed by atoms with Crippen LogP contribution in [0.25, 0.3) is 0 Å². The molecule has 22 heavy (non-hydrogen) atoms. The second-order valence-electron chi connectivity index (χ2n) is 5.73. The van der Waals surface area contributed by atoms with Crippen LogP contribution in [0.2, 0.25) is 0 Å². The lowest BCUT2D eigenvalue weighted by atomic mass is 9.86. The van der Waals surface area contributed by atoms with Crippen molar-refractivity contribution in [2.24, 2.45) is 11.1 Å². The molecule has 0 N–H and O–H groups in total. The van der Waals surface area contributed by atoms with Crippen molar-refractivity contribution < 1.29 is 18.0 Å². The van der Waals surface area contributed by atoms with Crippen molar-refractivity contribution in [3.8, 4) is 6.07 Å². The molecule has 0 spiro atoms. The van der Waals surface area contributed by atoms with Crippen molar-refractivity contribution in [2.45, 2.75) is 44.4 Å². The molecule has 1 aromatic rings. The summed E-state index contributed by atoms with van der Waals surface area (Å²) in [6, 6.07) is 5.39. The maximum atomic E-state index is 13.3. The van der Waals surface area contributed by atoms with Crippen molar-refractivity contribution in [1.29, 1.82) is 5.26 Å². The zero-order valence-electron chi connectivity index (χ0n) is 11.9. The van der Waals surface area contributed by atoms with E-state index >= 15 is 0 Å². The van der Waals surface area contributed by atoms with Crippen LogP contribution in [-0.4, -0.2) is 11.8 Å². The molecule has 0 aromatic heterocycles. The van der Waals surface area contributed by atoms with Gasteiger partial charge in [0.15, 0.2) is 0 Å². The number of rotatable bonds is 1. The van der Waals surface area contributed by atoms with Crippen LogP contribution in [0.1, 0.15) is 48.8 Å². The first-order valence-electron chi connectivity index (χ1n) is 7.36. The van der Waals surface area contributed by atoms with Crippen LogP contribution in [0.5, 0.6) is 0 Å². The second-order valence-corrected chi connectivity index (χ2v) is 5.73. The van der Waals surface area contributed by atoms with Crippen LogP contribution < -0.4 is 0 Å². The molecule has 1 fully saturated rings. The minimum absolute atomic E-state index is 0.00648. The highest BCUT2D eigenvalue weighted by atomic mass is 19.4. The van der Waals surface area contributed by atoms with Gasteiger partial charge in [-0.25, -0.2) is 0 Å². The molecule has 1 aliphatic carbocycles. The van der Waals surface area contributed by atoms with Gasteiger partial charge < -0.3 is 4.84 Å². The third-order valence-electron chi connectivity index (χ3n) is 4.32. The molecule has 1 saturated carbocycles. The highest BCUT2D eigenvalue weighted by Crippen LogP contribution is 2.39. The molecule has 1 heterocycles. The summed E-state index contributed by atoms with van der Waals surface area (Å²) in [5.41, 5.74) is -0.392. The van der Waals surface area contributed by atoms with Gasteiger partial charge in [-0.1, -0.05) is 24.1 Å². The van der Waals surface area contributed by atoms with Crippen LogP contribution in [0.4, 0.5) is 13.2 Å². The number of nitriles is 1. The van der Waals surface area contributed by atoms with Crippen LogP contribution >= 0.6 is 0 Å². The number of hydrogen-bond donors (Lipinski definition) is 0. The van der Waals surface area contributed by atoms with Crippen LogP contribution in [-0.2, 0) is 11.0 Å². The summed E-state index contributed by atoms with van der Waals surface area (Å²) < 4.78 is 40.0. The lowest BCUT2D eigenvalue weighted by molar-refractivity contribution is -0.137. The predicted molar refractivity (Wildman–Crippen MR) is 74.1 cm³/mol. The fraction of sp³-hybridized carbons (Fsp3) is 0.500. The Bertz CT molecular complexity index is 646. The SMILES string of the molecule is N#Cc1ccc(C2=NO[C@@H]3CCCCC[C@H]23)c(C(F)(F)F)c1. The van der Waals surface area contributed by atoms with Gasteiger partial charge in [0.25, 0.3) is 0 Å². The van der Waals surface area contributed by atoms with E-state index < -0.39 is 11.7 Å². The topological polar surface area (TPSA) is 45.4 Å². The summed E-state index contributed by atoms with van der Waals surface area (Å²) in [5.74, 6) is -0.0865. The lowest BCUT2D eigenvalue weighted by Gasteiger charge is -2.18. The second kappa shape index (κ2) is 5.64. The molecule has 6 heteroatoms. The van der Waals surface area contributed by atoms with Crippen molar-refractivity contribution in [3.05, 3.63) is 34.9 Å². The summed E-state index contributed by atoms with van der Waals surface area (Å²) in [5, 5.41) is 12.8. The zero-order chi connectivity index (χ0) is 15.7. The maximum Gasteiger partial charge on any atom is 0.417 e.